The zero-order valence-corrected chi connectivity index (χ0v) is 8.31. The van der Waals surface area contributed by atoms with Crippen LogP contribution in [0.5, 0.6) is 0 Å². The second kappa shape index (κ2) is 3.83. The van der Waals surface area contributed by atoms with E-state index >= 15 is 0 Å². The number of hydrogen-bond donors (Lipinski definition) is 0. The summed E-state index contributed by atoms with van der Waals surface area (Å²) >= 11 is 2.63. The number of rotatable bonds is 1. The Bertz CT molecular complexity index is 343. The molecule has 1 rings (SSSR count). The van der Waals surface area contributed by atoms with Gasteiger partial charge >= 0.3 is 0 Å². The zero-order chi connectivity index (χ0) is 10.0. The normalized spacial score (nSPS) is 9.85. The van der Waals surface area contributed by atoms with E-state index in [0.717, 1.165) is 23.1 Å². The second-order valence-electron chi connectivity index (χ2n) is 2.41. The van der Waals surface area contributed by atoms with Crippen molar-refractivity contribution >= 4 is 26.4 Å². The first kappa shape index (κ1) is 10.1. The molecule has 0 radical (unpaired) electrons. The van der Waals surface area contributed by atoms with Crippen LogP contribution in [-0.2, 0) is 0 Å². The molecule has 0 atom stereocenters. The van der Waals surface area contributed by atoms with Gasteiger partial charge in [-0.05, 0) is 12.1 Å². The molecule has 13 heavy (non-hydrogen) atoms. The molecule has 0 saturated carbocycles. The first-order valence-corrected chi connectivity index (χ1v) is 4.20. The van der Waals surface area contributed by atoms with Crippen LogP contribution in [0.1, 0.15) is 0 Å². The van der Waals surface area contributed by atoms with E-state index in [4.69, 9.17) is 0 Å². The molecule has 0 aliphatic carbocycles. The summed E-state index contributed by atoms with van der Waals surface area (Å²) in [7, 11) is 1.34. The predicted molar refractivity (Wildman–Crippen MR) is 49.1 cm³/mol. The highest BCUT2D eigenvalue weighted by Crippen LogP contribution is 2.20. The van der Waals surface area contributed by atoms with Gasteiger partial charge in [-0.15, -0.1) is 0 Å². The molecular formula is C8H6BrF2NO. The van der Waals surface area contributed by atoms with Gasteiger partial charge in [-0.2, -0.15) is 0 Å². The van der Waals surface area contributed by atoms with Crippen molar-refractivity contribution in [3.63, 3.8) is 0 Å². The fourth-order valence-corrected chi connectivity index (χ4v) is 1.03. The number of anilines is 1. The number of carbonyl (C=O) groups excluding carboxylic acids is 1. The molecule has 0 N–H and O–H groups in total. The highest BCUT2D eigenvalue weighted by atomic mass is 79.9. The minimum atomic E-state index is -0.642. The molecule has 70 valence electrons. The van der Waals surface area contributed by atoms with Gasteiger partial charge in [-0.3, -0.25) is 4.79 Å². The maximum atomic E-state index is 13.0. The quantitative estimate of drug-likeness (QED) is 0.554. The lowest BCUT2D eigenvalue weighted by Crippen LogP contribution is -2.20. The summed E-state index contributed by atoms with van der Waals surface area (Å²) in [6.45, 7) is 0. The van der Waals surface area contributed by atoms with Gasteiger partial charge in [0.25, 0.3) is 4.82 Å². The molecule has 0 unspecified atom stereocenters. The smallest absolute Gasteiger partial charge is 0.293 e. The zero-order valence-electron chi connectivity index (χ0n) is 6.72. The maximum absolute atomic E-state index is 13.0. The number of benzene rings is 1. The van der Waals surface area contributed by atoms with Gasteiger partial charge in [0, 0.05) is 29.0 Å². The Balaban J connectivity index is 3.12. The van der Waals surface area contributed by atoms with Crippen LogP contribution in [0.25, 0.3) is 0 Å². The number of hydrogen-bond acceptors (Lipinski definition) is 1. The van der Waals surface area contributed by atoms with Crippen LogP contribution in [-0.4, -0.2) is 11.9 Å². The molecule has 0 bridgehead atoms. The van der Waals surface area contributed by atoms with E-state index in [-0.39, 0.29) is 5.69 Å². The molecule has 5 heteroatoms. The highest BCUT2D eigenvalue weighted by molar-refractivity contribution is 9.18. The summed E-state index contributed by atoms with van der Waals surface area (Å²) in [6.07, 6.45) is 0. The van der Waals surface area contributed by atoms with E-state index in [1.807, 2.05) is 0 Å². The number of carbonyl (C=O) groups is 1. The van der Waals surface area contributed by atoms with Crippen molar-refractivity contribution in [2.75, 3.05) is 11.9 Å². The van der Waals surface area contributed by atoms with Gasteiger partial charge in [0.15, 0.2) is 0 Å². The standard InChI is InChI=1S/C8H6BrF2NO/c1-12(8(9)13)7-4-5(10)2-3-6(7)11/h2-4H,1H3. The van der Waals surface area contributed by atoms with E-state index in [9.17, 15) is 13.6 Å². The minimum absolute atomic E-state index is 0.0955. The van der Waals surface area contributed by atoms with Crippen LogP contribution >= 0.6 is 15.9 Å². The molecule has 0 heterocycles. The molecule has 1 amide bonds. The van der Waals surface area contributed by atoms with Crippen LogP contribution in [0.2, 0.25) is 0 Å². The monoisotopic (exact) mass is 249 g/mol. The third-order valence-corrected chi connectivity index (χ3v) is 2.07. The lowest BCUT2D eigenvalue weighted by molar-refractivity contribution is 0.267. The molecular weight excluding hydrogens is 244 g/mol. The lowest BCUT2D eigenvalue weighted by atomic mass is 10.3. The van der Waals surface area contributed by atoms with Gasteiger partial charge in [-0.1, -0.05) is 0 Å². The largest absolute Gasteiger partial charge is 0.303 e. The molecule has 1 aromatic carbocycles. The van der Waals surface area contributed by atoms with Gasteiger partial charge in [0.1, 0.15) is 11.6 Å². The Hall–Kier alpha value is -0.970. The van der Waals surface area contributed by atoms with Gasteiger partial charge in [-0.25, -0.2) is 8.78 Å². The maximum Gasteiger partial charge on any atom is 0.293 e. The highest BCUT2D eigenvalue weighted by Gasteiger charge is 2.12. The van der Waals surface area contributed by atoms with Crippen molar-refractivity contribution in [2.24, 2.45) is 0 Å². The molecule has 0 aromatic heterocycles. The lowest BCUT2D eigenvalue weighted by Gasteiger charge is -2.14. The van der Waals surface area contributed by atoms with Crippen molar-refractivity contribution in [2.45, 2.75) is 0 Å². The summed E-state index contributed by atoms with van der Waals surface area (Å²) in [5.41, 5.74) is -0.0955. The van der Waals surface area contributed by atoms with Crippen LogP contribution in [0, 0.1) is 11.6 Å². The van der Waals surface area contributed by atoms with Crippen LogP contribution in [0.15, 0.2) is 18.2 Å². The number of nitrogens with zero attached hydrogens (tertiary/aromatic N) is 1. The second-order valence-corrected chi connectivity index (χ2v) is 3.09. The summed E-state index contributed by atoms with van der Waals surface area (Å²) in [5.74, 6) is -1.23. The van der Waals surface area contributed by atoms with Crippen molar-refractivity contribution in [3.05, 3.63) is 29.8 Å². The van der Waals surface area contributed by atoms with E-state index in [1.54, 1.807) is 0 Å². The Morgan fingerprint density at radius 3 is 2.62 bits per heavy atom. The third-order valence-electron chi connectivity index (χ3n) is 1.53. The van der Waals surface area contributed by atoms with E-state index < -0.39 is 16.5 Å². The average Bonchev–Trinajstić information content (AvgIpc) is 2.08. The van der Waals surface area contributed by atoms with Crippen LogP contribution < -0.4 is 4.90 Å². The predicted octanol–water partition coefficient (Wildman–Crippen LogP) is 2.92. The molecule has 0 spiro atoms. The van der Waals surface area contributed by atoms with Crippen molar-refractivity contribution in [1.29, 1.82) is 0 Å². The Labute approximate surface area is 82.3 Å². The SMILES string of the molecule is CN(C(=O)Br)c1cc(F)ccc1F. The fraction of sp³-hybridized carbons (Fsp3) is 0.125. The first-order chi connectivity index (χ1) is 6.02. The Kier molecular flexibility index (Phi) is 2.98. The summed E-state index contributed by atoms with van der Waals surface area (Å²) < 4.78 is 25.6. The number of halogens is 3. The summed E-state index contributed by atoms with van der Waals surface area (Å²) in [6, 6.07) is 2.91. The number of amides is 1. The molecule has 0 aliphatic rings. The van der Waals surface area contributed by atoms with Crippen LogP contribution in [0.4, 0.5) is 19.3 Å². The molecule has 2 nitrogen and oxygen atoms in total. The molecule has 0 saturated heterocycles. The Morgan fingerprint density at radius 1 is 1.46 bits per heavy atom. The summed E-state index contributed by atoms with van der Waals surface area (Å²) in [4.78, 5) is 11.2. The van der Waals surface area contributed by atoms with E-state index in [1.165, 1.54) is 7.05 Å². The van der Waals surface area contributed by atoms with Crippen molar-refractivity contribution in [1.82, 2.24) is 0 Å². The van der Waals surface area contributed by atoms with Gasteiger partial charge in [0.2, 0.25) is 0 Å². The van der Waals surface area contributed by atoms with Crippen LogP contribution in [0.3, 0.4) is 0 Å². The summed E-state index contributed by atoms with van der Waals surface area (Å²) in [5, 5.41) is 0. The average molecular weight is 250 g/mol. The fourth-order valence-electron chi connectivity index (χ4n) is 0.838. The van der Waals surface area contributed by atoms with E-state index in [0.29, 0.717) is 0 Å². The minimum Gasteiger partial charge on any atom is -0.303 e. The topological polar surface area (TPSA) is 20.3 Å². The van der Waals surface area contributed by atoms with Gasteiger partial charge < -0.3 is 4.90 Å². The Morgan fingerprint density at radius 2 is 2.08 bits per heavy atom. The third kappa shape index (κ3) is 2.24. The van der Waals surface area contributed by atoms with E-state index in [2.05, 4.69) is 15.9 Å². The molecule has 1 aromatic rings. The molecule has 0 aliphatic heterocycles. The van der Waals surface area contributed by atoms with Gasteiger partial charge in [0.05, 0.1) is 5.69 Å². The van der Waals surface area contributed by atoms with Crippen molar-refractivity contribution < 1.29 is 13.6 Å². The van der Waals surface area contributed by atoms with Crippen molar-refractivity contribution in [3.8, 4) is 0 Å². The molecule has 0 fully saturated rings. The first-order valence-electron chi connectivity index (χ1n) is 3.40.